The van der Waals surface area contributed by atoms with Gasteiger partial charge in [-0.05, 0) is 11.5 Å². The van der Waals surface area contributed by atoms with Crippen LogP contribution >= 0.6 is 11.7 Å². The van der Waals surface area contributed by atoms with E-state index in [2.05, 4.69) is 26.9 Å². The summed E-state index contributed by atoms with van der Waals surface area (Å²) in [7, 11) is 0. The van der Waals surface area contributed by atoms with Crippen LogP contribution in [0.3, 0.4) is 0 Å². The van der Waals surface area contributed by atoms with E-state index >= 15 is 0 Å². The van der Waals surface area contributed by atoms with Crippen molar-refractivity contribution in [3.63, 3.8) is 0 Å². The minimum atomic E-state index is 0.990. The lowest BCUT2D eigenvalue weighted by Crippen LogP contribution is -1.74. The summed E-state index contributed by atoms with van der Waals surface area (Å²) >= 11 is 1.27. The fraction of sp³-hybridized carbons (Fsp3) is 0. The molecule has 3 heteroatoms. The molecule has 2 aromatic carbocycles. The van der Waals surface area contributed by atoms with Crippen molar-refractivity contribution in [1.29, 1.82) is 0 Å². The Hall–Kier alpha value is -1.48. The Morgan fingerprint density at radius 1 is 0.923 bits per heavy atom. The van der Waals surface area contributed by atoms with Crippen molar-refractivity contribution < 1.29 is 0 Å². The molecule has 0 fully saturated rings. The Labute approximate surface area is 79.2 Å². The maximum Gasteiger partial charge on any atom is 0.112 e. The van der Waals surface area contributed by atoms with Gasteiger partial charge < -0.3 is 0 Å². The summed E-state index contributed by atoms with van der Waals surface area (Å²) in [5.74, 6) is 0. The minimum absolute atomic E-state index is 0.990. The normalized spacial score (nSPS) is 11.1. The number of nitrogens with zero attached hydrogens (tertiary/aromatic N) is 2. The number of hydrogen-bond acceptors (Lipinski definition) is 3. The summed E-state index contributed by atoms with van der Waals surface area (Å²) in [6, 6.07) is 12.3. The van der Waals surface area contributed by atoms with Gasteiger partial charge in [-0.2, -0.15) is 8.75 Å². The molecular weight excluding hydrogens is 180 g/mol. The van der Waals surface area contributed by atoms with Crippen LogP contribution in [0.5, 0.6) is 0 Å². The molecular formula is C10H6N2S. The van der Waals surface area contributed by atoms with Crippen LogP contribution in [0, 0.1) is 0 Å². The van der Waals surface area contributed by atoms with Gasteiger partial charge in [0.1, 0.15) is 11.0 Å². The summed E-state index contributed by atoms with van der Waals surface area (Å²) < 4.78 is 8.48. The van der Waals surface area contributed by atoms with Crippen molar-refractivity contribution >= 4 is 33.5 Å². The van der Waals surface area contributed by atoms with Gasteiger partial charge in [-0.15, -0.1) is 0 Å². The highest BCUT2D eigenvalue weighted by atomic mass is 32.1. The number of rotatable bonds is 0. The van der Waals surface area contributed by atoms with Gasteiger partial charge in [0.15, 0.2) is 0 Å². The van der Waals surface area contributed by atoms with Crippen molar-refractivity contribution in [2.75, 3.05) is 0 Å². The lowest BCUT2D eigenvalue weighted by Gasteiger charge is -1.95. The Morgan fingerprint density at radius 2 is 1.85 bits per heavy atom. The lowest BCUT2D eigenvalue weighted by atomic mass is 10.1. The molecule has 0 aliphatic rings. The summed E-state index contributed by atoms with van der Waals surface area (Å²) in [6.07, 6.45) is 0. The van der Waals surface area contributed by atoms with Crippen molar-refractivity contribution in [2.45, 2.75) is 0 Å². The fourth-order valence-corrected chi connectivity index (χ4v) is 2.07. The van der Waals surface area contributed by atoms with E-state index in [1.807, 2.05) is 18.2 Å². The first-order valence-electron chi connectivity index (χ1n) is 4.05. The highest BCUT2D eigenvalue weighted by Gasteiger charge is 2.01. The first kappa shape index (κ1) is 6.97. The molecule has 1 aromatic heterocycles. The number of benzene rings is 2. The molecule has 0 saturated heterocycles. The monoisotopic (exact) mass is 186 g/mol. The molecule has 0 amide bonds. The average Bonchev–Trinajstić information content (AvgIpc) is 2.65. The van der Waals surface area contributed by atoms with Gasteiger partial charge in [0.25, 0.3) is 0 Å². The van der Waals surface area contributed by atoms with Crippen LogP contribution in [0.4, 0.5) is 0 Å². The fourth-order valence-electron chi connectivity index (χ4n) is 1.52. The number of hydrogen-bond donors (Lipinski definition) is 0. The number of fused-ring (bicyclic) bond motifs is 3. The van der Waals surface area contributed by atoms with E-state index in [9.17, 15) is 0 Å². The molecule has 0 spiro atoms. The Bertz CT molecular complexity index is 571. The SMILES string of the molecule is c1ccc2c(c1)ccc1nsnc12. The predicted octanol–water partition coefficient (Wildman–Crippen LogP) is 2.84. The van der Waals surface area contributed by atoms with Gasteiger partial charge in [0.2, 0.25) is 0 Å². The molecule has 3 aromatic rings. The van der Waals surface area contributed by atoms with E-state index in [1.54, 1.807) is 0 Å². The third-order valence-corrected chi connectivity index (χ3v) is 2.69. The first-order valence-corrected chi connectivity index (χ1v) is 4.78. The van der Waals surface area contributed by atoms with Crippen molar-refractivity contribution in [3.8, 4) is 0 Å². The van der Waals surface area contributed by atoms with Gasteiger partial charge in [0, 0.05) is 5.39 Å². The molecule has 0 aliphatic carbocycles. The smallest absolute Gasteiger partial charge is 0.112 e. The second-order valence-corrected chi connectivity index (χ2v) is 3.45. The Kier molecular flexibility index (Phi) is 1.34. The predicted molar refractivity (Wildman–Crippen MR) is 54.9 cm³/mol. The second-order valence-electron chi connectivity index (χ2n) is 2.92. The molecule has 0 saturated carbocycles. The zero-order valence-corrected chi connectivity index (χ0v) is 7.58. The molecule has 0 radical (unpaired) electrons. The van der Waals surface area contributed by atoms with Crippen LogP contribution in [0.25, 0.3) is 21.8 Å². The van der Waals surface area contributed by atoms with E-state index in [-0.39, 0.29) is 0 Å². The summed E-state index contributed by atoms with van der Waals surface area (Å²) in [4.78, 5) is 0. The van der Waals surface area contributed by atoms with Crippen LogP contribution in [0.1, 0.15) is 0 Å². The molecule has 0 atom stereocenters. The lowest BCUT2D eigenvalue weighted by molar-refractivity contribution is 1.67. The zero-order valence-electron chi connectivity index (χ0n) is 6.77. The Morgan fingerprint density at radius 3 is 2.85 bits per heavy atom. The Balaban J connectivity index is 2.65. The second kappa shape index (κ2) is 2.50. The molecule has 13 heavy (non-hydrogen) atoms. The summed E-state index contributed by atoms with van der Waals surface area (Å²) in [6.45, 7) is 0. The highest BCUT2D eigenvalue weighted by Crippen LogP contribution is 2.22. The number of aromatic nitrogens is 2. The molecule has 0 unspecified atom stereocenters. The topological polar surface area (TPSA) is 25.8 Å². The minimum Gasteiger partial charge on any atom is -0.173 e. The van der Waals surface area contributed by atoms with E-state index in [4.69, 9.17) is 0 Å². The molecule has 62 valence electrons. The van der Waals surface area contributed by atoms with Gasteiger partial charge in [-0.25, -0.2) is 0 Å². The van der Waals surface area contributed by atoms with Crippen molar-refractivity contribution in [1.82, 2.24) is 8.75 Å². The van der Waals surface area contributed by atoms with Gasteiger partial charge in [0.05, 0.1) is 11.7 Å². The molecule has 0 N–H and O–H groups in total. The molecule has 0 aliphatic heterocycles. The third kappa shape index (κ3) is 0.939. The maximum atomic E-state index is 4.28. The van der Waals surface area contributed by atoms with E-state index < -0.39 is 0 Å². The summed E-state index contributed by atoms with van der Waals surface area (Å²) in [5.41, 5.74) is 2.01. The molecule has 3 rings (SSSR count). The van der Waals surface area contributed by atoms with Crippen LogP contribution < -0.4 is 0 Å². The zero-order chi connectivity index (χ0) is 8.67. The average molecular weight is 186 g/mol. The van der Waals surface area contributed by atoms with Crippen LogP contribution in [-0.4, -0.2) is 8.75 Å². The standard InChI is InChI=1S/C10H6N2S/c1-2-4-8-7(3-1)5-6-9-10(8)12-13-11-9/h1-6H. The third-order valence-electron chi connectivity index (χ3n) is 2.15. The van der Waals surface area contributed by atoms with Crippen LogP contribution in [-0.2, 0) is 0 Å². The van der Waals surface area contributed by atoms with Crippen LogP contribution in [0.2, 0.25) is 0 Å². The van der Waals surface area contributed by atoms with Crippen molar-refractivity contribution in [2.24, 2.45) is 0 Å². The van der Waals surface area contributed by atoms with Crippen molar-refractivity contribution in [3.05, 3.63) is 36.4 Å². The van der Waals surface area contributed by atoms with E-state index in [1.165, 1.54) is 22.5 Å². The van der Waals surface area contributed by atoms with Gasteiger partial charge in [-0.1, -0.05) is 30.3 Å². The first-order chi connectivity index (χ1) is 6.45. The highest BCUT2D eigenvalue weighted by molar-refractivity contribution is 7.00. The van der Waals surface area contributed by atoms with Gasteiger partial charge >= 0.3 is 0 Å². The maximum absolute atomic E-state index is 4.28. The summed E-state index contributed by atoms with van der Waals surface area (Å²) in [5, 5.41) is 2.41. The van der Waals surface area contributed by atoms with E-state index in [0.29, 0.717) is 0 Å². The quantitative estimate of drug-likeness (QED) is 0.539. The largest absolute Gasteiger partial charge is 0.173 e. The molecule has 0 bridgehead atoms. The van der Waals surface area contributed by atoms with Crippen LogP contribution in [0.15, 0.2) is 36.4 Å². The molecule has 2 nitrogen and oxygen atoms in total. The molecule has 1 heterocycles. The van der Waals surface area contributed by atoms with E-state index in [0.717, 1.165) is 11.0 Å². The van der Waals surface area contributed by atoms with Gasteiger partial charge in [-0.3, -0.25) is 0 Å².